The van der Waals surface area contributed by atoms with Gasteiger partial charge < -0.3 is 28.8 Å². The van der Waals surface area contributed by atoms with Gasteiger partial charge in [-0.1, -0.05) is 5.16 Å². The highest BCUT2D eigenvalue weighted by atomic mass is 32.2. The zero-order valence-electron chi connectivity index (χ0n) is 23.9. The molecule has 2 aromatic carbocycles. The van der Waals surface area contributed by atoms with Crippen molar-refractivity contribution in [2.45, 2.75) is 24.3 Å². The van der Waals surface area contributed by atoms with E-state index in [1.807, 2.05) is 6.07 Å². The van der Waals surface area contributed by atoms with E-state index in [1.54, 1.807) is 38.5 Å². The minimum atomic E-state index is -3.82. The molecular weight excluding hydrogens is 566 g/mol. The molecule has 0 aliphatic carbocycles. The second-order valence-electron chi connectivity index (χ2n) is 10.0. The summed E-state index contributed by atoms with van der Waals surface area (Å²) in [4.78, 5) is 19.9. The second kappa shape index (κ2) is 13.1. The lowest BCUT2D eigenvalue weighted by molar-refractivity contribution is -0.121. The fourth-order valence-corrected chi connectivity index (χ4v) is 6.73. The van der Waals surface area contributed by atoms with Crippen LogP contribution in [0.3, 0.4) is 0 Å². The van der Waals surface area contributed by atoms with Gasteiger partial charge in [-0.15, -0.1) is 0 Å². The first-order valence-corrected chi connectivity index (χ1v) is 15.1. The van der Waals surface area contributed by atoms with Gasteiger partial charge in [0.1, 0.15) is 10.6 Å². The molecule has 42 heavy (non-hydrogen) atoms. The molecule has 2 saturated heterocycles. The number of amides is 1. The predicted molar refractivity (Wildman–Crippen MR) is 152 cm³/mol. The largest absolute Gasteiger partial charge is 0.495 e. The SMILES string of the molecule is COc1ccc(-c2noc(CN3CCCC(C(=O)Nc4ccc(OC)c(S(=O)(=O)N5CCOCC5)c4)C3)n2)cc1OC. The van der Waals surface area contributed by atoms with E-state index in [9.17, 15) is 13.2 Å². The van der Waals surface area contributed by atoms with Gasteiger partial charge in [-0.05, 0) is 55.8 Å². The van der Waals surface area contributed by atoms with Crippen LogP contribution in [0, 0.1) is 5.92 Å². The third kappa shape index (κ3) is 6.51. The quantitative estimate of drug-likeness (QED) is 0.366. The summed E-state index contributed by atoms with van der Waals surface area (Å²) >= 11 is 0. The zero-order chi connectivity index (χ0) is 29.7. The molecule has 2 aliphatic rings. The maximum atomic E-state index is 13.3. The van der Waals surface area contributed by atoms with E-state index in [0.29, 0.717) is 61.6 Å². The number of carbonyl (C=O) groups is 1. The number of rotatable bonds is 10. The van der Waals surface area contributed by atoms with Crippen molar-refractivity contribution in [3.63, 3.8) is 0 Å². The summed E-state index contributed by atoms with van der Waals surface area (Å²) in [5.41, 5.74) is 1.12. The molecule has 1 aromatic heterocycles. The molecule has 2 aliphatic heterocycles. The van der Waals surface area contributed by atoms with Crippen LogP contribution in [-0.4, -0.2) is 94.4 Å². The van der Waals surface area contributed by atoms with Crippen LogP contribution in [0.25, 0.3) is 11.4 Å². The second-order valence-corrected chi connectivity index (χ2v) is 11.9. The monoisotopic (exact) mass is 601 g/mol. The summed E-state index contributed by atoms with van der Waals surface area (Å²) in [6, 6.07) is 10.0. The molecule has 13 nitrogen and oxygen atoms in total. The molecule has 226 valence electrons. The lowest BCUT2D eigenvalue weighted by Crippen LogP contribution is -2.41. The van der Waals surface area contributed by atoms with Crippen LogP contribution < -0.4 is 19.5 Å². The molecule has 5 rings (SSSR count). The number of piperidine rings is 1. The topological polar surface area (TPSA) is 146 Å². The summed E-state index contributed by atoms with van der Waals surface area (Å²) in [5.74, 6) is 1.77. The Bertz CT molecular complexity index is 1510. The maximum Gasteiger partial charge on any atom is 0.246 e. The first-order chi connectivity index (χ1) is 20.3. The lowest BCUT2D eigenvalue weighted by atomic mass is 9.97. The molecule has 1 atom stereocenters. The van der Waals surface area contributed by atoms with Gasteiger partial charge in [0.15, 0.2) is 11.5 Å². The number of nitrogens with one attached hydrogen (secondary N) is 1. The zero-order valence-corrected chi connectivity index (χ0v) is 24.7. The predicted octanol–water partition coefficient (Wildman–Crippen LogP) is 2.63. The molecule has 0 spiro atoms. The Morgan fingerprint density at radius 3 is 2.48 bits per heavy atom. The highest BCUT2D eigenvalue weighted by Gasteiger charge is 2.31. The van der Waals surface area contributed by atoms with Crippen LogP contribution in [0.15, 0.2) is 45.8 Å². The molecule has 1 unspecified atom stereocenters. The third-order valence-corrected chi connectivity index (χ3v) is 9.28. The molecule has 0 bridgehead atoms. The van der Waals surface area contributed by atoms with E-state index >= 15 is 0 Å². The van der Waals surface area contributed by atoms with E-state index in [2.05, 4.69) is 20.4 Å². The average molecular weight is 602 g/mol. The fraction of sp³-hybridized carbons (Fsp3) is 0.464. The molecule has 0 radical (unpaired) electrons. The van der Waals surface area contributed by atoms with E-state index < -0.39 is 10.0 Å². The number of benzene rings is 2. The van der Waals surface area contributed by atoms with E-state index in [4.69, 9.17) is 23.5 Å². The van der Waals surface area contributed by atoms with Gasteiger partial charge in [0.25, 0.3) is 0 Å². The van der Waals surface area contributed by atoms with Gasteiger partial charge in [-0.25, -0.2) is 8.42 Å². The molecule has 14 heteroatoms. The Balaban J connectivity index is 1.23. The average Bonchev–Trinajstić information content (AvgIpc) is 3.49. The Labute approximate surface area is 244 Å². The Morgan fingerprint density at radius 2 is 1.74 bits per heavy atom. The summed E-state index contributed by atoms with van der Waals surface area (Å²) in [6.07, 6.45) is 1.52. The van der Waals surface area contributed by atoms with Gasteiger partial charge in [0.2, 0.25) is 27.6 Å². The molecule has 1 amide bonds. The van der Waals surface area contributed by atoms with E-state index in [0.717, 1.165) is 18.5 Å². The Hall–Kier alpha value is -3.72. The normalized spacial score (nSPS) is 18.4. The van der Waals surface area contributed by atoms with Crippen molar-refractivity contribution in [3.8, 4) is 28.6 Å². The van der Waals surface area contributed by atoms with E-state index in [1.165, 1.54) is 17.5 Å². The molecule has 2 fully saturated rings. The first-order valence-electron chi connectivity index (χ1n) is 13.7. The van der Waals surface area contributed by atoms with Crippen molar-refractivity contribution >= 4 is 21.6 Å². The summed E-state index contributed by atoms with van der Waals surface area (Å²) in [5, 5.41) is 7.02. The maximum absolute atomic E-state index is 13.3. The smallest absolute Gasteiger partial charge is 0.246 e. The van der Waals surface area contributed by atoms with Gasteiger partial charge in [0.05, 0.1) is 47.0 Å². The first kappa shape index (κ1) is 29.8. The number of hydrogen-bond donors (Lipinski definition) is 1. The fourth-order valence-electron chi connectivity index (χ4n) is 5.14. The number of anilines is 1. The Morgan fingerprint density at radius 1 is 1.00 bits per heavy atom. The van der Waals surface area contributed by atoms with Crippen LogP contribution in [0.4, 0.5) is 5.69 Å². The number of carbonyl (C=O) groups excluding carboxylic acids is 1. The van der Waals surface area contributed by atoms with Crippen molar-refractivity contribution < 1.29 is 36.7 Å². The number of aromatic nitrogens is 2. The van der Waals surface area contributed by atoms with Crippen LogP contribution in [-0.2, 0) is 26.1 Å². The molecule has 0 saturated carbocycles. The third-order valence-electron chi connectivity index (χ3n) is 7.36. The standard InChI is InChI=1S/C28H35N5O8S/c1-37-22-8-6-19(15-24(22)39-3)27-30-26(41-31-27)18-32-10-4-5-20(17-32)28(34)29-21-7-9-23(38-2)25(16-21)42(35,36)33-11-13-40-14-12-33/h6-9,15-16,20H,4-5,10-14,17-18H2,1-3H3,(H,29,34). The van der Waals surface area contributed by atoms with Crippen LogP contribution in [0.1, 0.15) is 18.7 Å². The molecule has 3 heterocycles. The Kier molecular flexibility index (Phi) is 9.26. The van der Waals surface area contributed by atoms with Crippen LogP contribution in [0.5, 0.6) is 17.2 Å². The van der Waals surface area contributed by atoms with Gasteiger partial charge in [-0.2, -0.15) is 9.29 Å². The number of likely N-dealkylation sites (tertiary alicyclic amines) is 1. The van der Waals surface area contributed by atoms with Crippen LogP contribution >= 0.6 is 0 Å². The summed E-state index contributed by atoms with van der Waals surface area (Å²) in [6.45, 7) is 2.85. The summed E-state index contributed by atoms with van der Waals surface area (Å²) in [7, 11) is 0.728. The number of hydrogen-bond acceptors (Lipinski definition) is 11. The van der Waals surface area contributed by atoms with Crippen molar-refractivity contribution in [2.24, 2.45) is 5.92 Å². The minimum absolute atomic E-state index is 0.0108. The van der Waals surface area contributed by atoms with E-state index in [-0.39, 0.29) is 35.6 Å². The van der Waals surface area contributed by atoms with Crippen molar-refractivity contribution in [1.29, 1.82) is 0 Å². The minimum Gasteiger partial charge on any atom is -0.495 e. The van der Waals surface area contributed by atoms with Gasteiger partial charge in [0, 0.05) is 30.9 Å². The highest BCUT2D eigenvalue weighted by Crippen LogP contribution is 2.32. The molecule has 1 N–H and O–H groups in total. The molecular formula is C28H35N5O8S. The lowest BCUT2D eigenvalue weighted by Gasteiger charge is -2.31. The van der Waals surface area contributed by atoms with Crippen molar-refractivity contribution in [1.82, 2.24) is 19.3 Å². The number of sulfonamides is 1. The van der Waals surface area contributed by atoms with Crippen molar-refractivity contribution in [2.75, 3.05) is 66.0 Å². The molecule has 3 aromatic rings. The van der Waals surface area contributed by atoms with Gasteiger partial charge in [-0.3, -0.25) is 9.69 Å². The summed E-state index contributed by atoms with van der Waals surface area (Å²) < 4.78 is 54.8. The highest BCUT2D eigenvalue weighted by molar-refractivity contribution is 7.89. The number of ether oxygens (including phenoxy) is 4. The number of methoxy groups -OCH3 is 3. The number of morpholine rings is 1. The van der Waals surface area contributed by atoms with Crippen LogP contribution in [0.2, 0.25) is 0 Å². The van der Waals surface area contributed by atoms with Crippen molar-refractivity contribution in [3.05, 3.63) is 42.3 Å². The number of nitrogens with zero attached hydrogens (tertiary/aromatic N) is 4. The van der Waals surface area contributed by atoms with Gasteiger partial charge >= 0.3 is 0 Å².